The summed E-state index contributed by atoms with van der Waals surface area (Å²) in [6, 6.07) is 8.43. The molecule has 1 unspecified atom stereocenters. The molecular formula is C16H22BrNO. The van der Waals surface area contributed by atoms with Gasteiger partial charge in [-0.15, -0.1) is 0 Å². The van der Waals surface area contributed by atoms with Crippen molar-refractivity contribution in [3.05, 3.63) is 34.3 Å². The van der Waals surface area contributed by atoms with Gasteiger partial charge < -0.3 is 10.1 Å². The molecule has 1 aromatic rings. The fourth-order valence-corrected chi connectivity index (χ4v) is 3.93. The molecule has 2 fully saturated rings. The first-order valence-corrected chi connectivity index (χ1v) is 8.21. The maximum atomic E-state index is 6.57. The van der Waals surface area contributed by atoms with E-state index in [-0.39, 0.29) is 11.7 Å². The highest BCUT2D eigenvalue weighted by Crippen LogP contribution is 2.38. The third-order valence-electron chi connectivity index (χ3n) is 4.44. The quantitative estimate of drug-likeness (QED) is 0.836. The van der Waals surface area contributed by atoms with E-state index in [1.807, 2.05) is 0 Å². The average Bonchev–Trinajstić information content (AvgIpc) is 2.65. The fourth-order valence-electron chi connectivity index (χ4n) is 3.39. The van der Waals surface area contributed by atoms with E-state index >= 15 is 0 Å². The second-order valence-electron chi connectivity index (χ2n) is 5.86. The van der Waals surface area contributed by atoms with Crippen molar-refractivity contribution in [2.45, 2.75) is 50.2 Å². The molecule has 2 aliphatic rings. The minimum absolute atomic E-state index is 0.0781. The normalized spacial score (nSPS) is 27.1. The van der Waals surface area contributed by atoms with Crippen molar-refractivity contribution >= 4 is 15.9 Å². The van der Waals surface area contributed by atoms with Crippen LogP contribution in [-0.4, -0.2) is 18.7 Å². The molecular weight excluding hydrogens is 302 g/mol. The predicted molar refractivity (Wildman–Crippen MR) is 81.3 cm³/mol. The molecule has 0 amide bonds. The summed E-state index contributed by atoms with van der Waals surface area (Å²) in [6.45, 7) is 1.94. The molecule has 1 aliphatic carbocycles. The number of benzene rings is 1. The van der Waals surface area contributed by atoms with E-state index in [0.717, 1.165) is 17.6 Å². The lowest BCUT2D eigenvalue weighted by Crippen LogP contribution is -2.50. The highest BCUT2D eigenvalue weighted by atomic mass is 79.9. The molecule has 104 valence electrons. The summed E-state index contributed by atoms with van der Waals surface area (Å²) in [5, 5.41) is 3.60. The maximum Gasteiger partial charge on any atom is 0.0968 e. The predicted octanol–water partition coefficient (Wildman–Crippen LogP) is 4.20. The average molecular weight is 324 g/mol. The first-order valence-electron chi connectivity index (χ1n) is 7.42. The summed E-state index contributed by atoms with van der Waals surface area (Å²) in [6.07, 6.45) is 7.95. The van der Waals surface area contributed by atoms with Gasteiger partial charge in [-0.25, -0.2) is 0 Å². The standard InChI is InChI=1S/C16H22BrNO/c17-14-8-4-3-7-13(14)15-11-18-12-16(19-15)9-5-1-2-6-10-16/h3-4,7-8,15,18H,1-2,5-6,9-12H2. The first-order chi connectivity index (χ1) is 9.29. The molecule has 0 bridgehead atoms. The van der Waals surface area contributed by atoms with Gasteiger partial charge in [-0.3, -0.25) is 0 Å². The van der Waals surface area contributed by atoms with Gasteiger partial charge in [0.15, 0.2) is 0 Å². The van der Waals surface area contributed by atoms with Crippen molar-refractivity contribution in [2.75, 3.05) is 13.1 Å². The van der Waals surface area contributed by atoms with E-state index in [1.165, 1.54) is 44.1 Å². The van der Waals surface area contributed by atoms with Crippen LogP contribution in [0, 0.1) is 0 Å². The molecule has 1 saturated heterocycles. The van der Waals surface area contributed by atoms with E-state index < -0.39 is 0 Å². The molecule has 2 nitrogen and oxygen atoms in total. The molecule has 0 radical (unpaired) electrons. The zero-order valence-corrected chi connectivity index (χ0v) is 12.9. The Labute approximate surface area is 124 Å². The molecule has 1 aliphatic heterocycles. The summed E-state index contributed by atoms with van der Waals surface area (Å²) >= 11 is 3.65. The molecule has 1 spiro atoms. The van der Waals surface area contributed by atoms with Gasteiger partial charge in [0.2, 0.25) is 0 Å². The number of halogens is 1. The van der Waals surface area contributed by atoms with Gasteiger partial charge in [0, 0.05) is 17.6 Å². The first kappa shape index (κ1) is 13.6. The van der Waals surface area contributed by atoms with Crippen LogP contribution in [0.25, 0.3) is 0 Å². The summed E-state index contributed by atoms with van der Waals surface area (Å²) in [5.74, 6) is 0. The highest BCUT2D eigenvalue weighted by molar-refractivity contribution is 9.10. The Morgan fingerprint density at radius 3 is 2.58 bits per heavy atom. The fraction of sp³-hybridized carbons (Fsp3) is 0.625. The number of rotatable bonds is 1. The number of ether oxygens (including phenoxy) is 1. The Kier molecular flexibility index (Phi) is 4.25. The molecule has 1 N–H and O–H groups in total. The summed E-state index contributed by atoms with van der Waals surface area (Å²) in [4.78, 5) is 0. The van der Waals surface area contributed by atoms with Gasteiger partial charge in [0.1, 0.15) is 0 Å². The lowest BCUT2D eigenvalue weighted by atomic mass is 9.91. The zero-order chi connectivity index (χ0) is 13.1. The van der Waals surface area contributed by atoms with Crippen LogP contribution in [0.2, 0.25) is 0 Å². The molecule has 19 heavy (non-hydrogen) atoms. The van der Waals surface area contributed by atoms with E-state index in [9.17, 15) is 0 Å². The van der Waals surface area contributed by atoms with Gasteiger partial charge in [-0.2, -0.15) is 0 Å². The van der Waals surface area contributed by atoms with E-state index in [0.29, 0.717) is 0 Å². The second-order valence-corrected chi connectivity index (χ2v) is 6.71. The van der Waals surface area contributed by atoms with Crippen LogP contribution < -0.4 is 5.32 Å². The van der Waals surface area contributed by atoms with E-state index in [4.69, 9.17) is 4.74 Å². The summed E-state index contributed by atoms with van der Waals surface area (Å²) in [7, 11) is 0. The third kappa shape index (κ3) is 3.04. The number of hydrogen-bond donors (Lipinski definition) is 1. The van der Waals surface area contributed by atoms with Crippen molar-refractivity contribution < 1.29 is 4.74 Å². The summed E-state index contributed by atoms with van der Waals surface area (Å²) in [5.41, 5.74) is 1.35. The monoisotopic (exact) mass is 323 g/mol. The molecule has 1 atom stereocenters. The van der Waals surface area contributed by atoms with Crippen molar-refractivity contribution in [1.29, 1.82) is 0 Å². The smallest absolute Gasteiger partial charge is 0.0968 e. The SMILES string of the molecule is Brc1ccccc1C1CNCC2(CCCCCC2)O1. The lowest BCUT2D eigenvalue weighted by Gasteiger charge is -2.42. The van der Waals surface area contributed by atoms with Crippen molar-refractivity contribution in [2.24, 2.45) is 0 Å². The Bertz CT molecular complexity index is 427. The largest absolute Gasteiger partial charge is 0.364 e. The summed E-state index contributed by atoms with van der Waals surface area (Å²) < 4.78 is 7.73. The second kappa shape index (κ2) is 5.94. The minimum atomic E-state index is 0.0781. The Morgan fingerprint density at radius 1 is 1.11 bits per heavy atom. The van der Waals surface area contributed by atoms with E-state index in [2.05, 4.69) is 45.5 Å². The Balaban J connectivity index is 1.79. The van der Waals surface area contributed by atoms with Crippen LogP contribution in [0.3, 0.4) is 0 Å². The van der Waals surface area contributed by atoms with Crippen molar-refractivity contribution in [3.8, 4) is 0 Å². The minimum Gasteiger partial charge on any atom is -0.364 e. The van der Waals surface area contributed by atoms with Gasteiger partial charge in [0.25, 0.3) is 0 Å². The zero-order valence-electron chi connectivity index (χ0n) is 11.3. The number of hydrogen-bond acceptors (Lipinski definition) is 2. The Hall–Kier alpha value is -0.380. The van der Waals surface area contributed by atoms with Gasteiger partial charge >= 0.3 is 0 Å². The van der Waals surface area contributed by atoms with Gasteiger partial charge in [-0.1, -0.05) is 59.8 Å². The number of nitrogens with one attached hydrogen (secondary N) is 1. The molecule has 1 heterocycles. The molecule has 3 heteroatoms. The van der Waals surface area contributed by atoms with E-state index in [1.54, 1.807) is 0 Å². The van der Waals surface area contributed by atoms with Gasteiger partial charge in [-0.05, 0) is 24.5 Å². The Morgan fingerprint density at radius 2 is 1.84 bits per heavy atom. The van der Waals surface area contributed by atoms with Crippen LogP contribution >= 0.6 is 15.9 Å². The maximum absolute atomic E-state index is 6.57. The number of morpholine rings is 1. The van der Waals surface area contributed by atoms with Crippen LogP contribution in [0.5, 0.6) is 0 Å². The topological polar surface area (TPSA) is 21.3 Å². The van der Waals surface area contributed by atoms with Crippen LogP contribution in [0.4, 0.5) is 0 Å². The van der Waals surface area contributed by atoms with Crippen LogP contribution in [0.1, 0.15) is 50.2 Å². The van der Waals surface area contributed by atoms with Crippen LogP contribution in [-0.2, 0) is 4.74 Å². The van der Waals surface area contributed by atoms with Crippen LogP contribution in [0.15, 0.2) is 28.7 Å². The molecule has 1 saturated carbocycles. The van der Waals surface area contributed by atoms with Crippen molar-refractivity contribution in [1.82, 2.24) is 5.32 Å². The lowest BCUT2D eigenvalue weighted by molar-refractivity contribution is -0.126. The molecule has 3 rings (SSSR count). The highest BCUT2D eigenvalue weighted by Gasteiger charge is 2.38. The third-order valence-corrected chi connectivity index (χ3v) is 5.16. The molecule has 0 aromatic heterocycles. The van der Waals surface area contributed by atoms with Crippen molar-refractivity contribution in [3.63, 3.8) is 0 Å². The van der Waals surface area contributed by atoms with Gasteiger partial charge in [0.05, 0.1) is 11.7 Å². The molecule has 1 aromatic carbocycles.